The maximum absolute atomic E-state index is 12.3. The molecule has 0 saturated heterocycles. The molecule has 0 bridgehead atoms. The van der Waals surface area contributed by atoms with Crippen molar-refractivity contribution in [1.82, 2.24) is 9.97 Å². The fourth-order valence-corrected chi connectivity index (χ4v) is 3.15. The molecule has 1 amide bonds. The van der Waals surface area contributed by atoms with E-state index >= 15 is 0 Å². The van der Waals surface area contributed by atoms with E-state index in [-0.39, 0.29) is 11.9 Å². The number of carbonyl (C=O) groups excluding carboxylic acids is 1. The number of rotatable bonds is 9. The second kappa shape index (κ2) is 10.8. The summed E-state index contributed by atoms with van der Waals surface area (Å²) in [6.45, 7) is 0.507. The first-order valence-corrected chi connectivity index (χ1v) is 10.6. The van der Waals surface area contributed by atoms with Crippen LogP contribution in [0, 0.1) is 0 Å². The highest BCUT2D eigenvalue weighted by molar-refractivity contribution is 6.04. The number of amides is 1. The van der Waals surface area contributed by atoms with Gasteiger partial charge in [0.1, 0.15) is 5.75 Å². The van der Waals surface area contributed by atoms with Crippen molar-refractivity contribution in [2.24, 2.45) is 0 Å². The average molecular weight is 457 g/mol. The molecule has 4 aromatic rings. The molecule has 0 radical (unpaired) electrons. The van der Waals surface area contributed by atoms with Crippen molar-refractivity contribution in [3.63, 3.8) is 0 Å². The summed E-state index contributed by atoms with van der Waals surface area (Å²) in [5.41, 5.74) is 3.13. The summed E-state index contributed by atoms with van der Waals surface area (Å²) in [5.74, 6) is 1.15. The molecule has 2 N–H and O–H groups in total. The van der Waals surface area contributed by atoms with Gasteiger partial charge in [0.15, 0.2) is 0 Å². The minimum atomic E-state index is -0.149. The van der Waals surface area contributed by atoms with Crippen LogP contribution < -0.4 is 24.8 Å². The van der Waals surface area contributed by atoms with Crippen LogP contribution in [0.2, 0.25) is 0 Å². The molecule has 4 rings (SSSR count). The lowest BCUT2D eigenvalue weighted by molar-refractivity contribution is 0.102. The van der Waals surface area contributed by atoms with E-state index in [1.54, 1.807) is 18.2 Å². The normalized spacial score (nSPS) is 10.3. The van der Waals surface area contributed by atoms with E-state index in [0.717, 1.165) is 11.3 Å². The zero-order valence-electron chi connectivity index (χ0n) is 18.8. The van der Waals surface area contributed by atoms with Gasteiger partial charge < -0.3 is 24.8 Å². The maximum atomic E-state index is 12.3. The fraction of sp³-hybridized carbons (Fsp3) is 0.115. The van der Waals surface area contributed by atoms with Gasteiger partial charge in [-0.1, -0.05) is 36.4 Å². The van der Waals surface area contributed by atoms with Crippen molar-refractivity contribution in [2.45, 2.75) is 6.54 Å². The molecule has 0 saturated carbocycles. The van der Waals surface area contributed by atoms with Gasteiger partial charge in [0, 0.05) is 29.0 Å². The molecule has 1 heterocycles. The van der Waals surface area contributed by atoms with Crippen LogP contribution in [-0.2, 0) is 6.54 Å². The standard InChI is InChI=1S/C26H24N4O4/c1-32-23-16-24(33-2)30-26(29-23)34-22-11-7-6-10-19(22)17-27-20-12-14-21(15-13-20)28-25(31)18-8-4-3-5-9-18/h3-16,27H,17H2,1-2H3,(H,28,31). The Morgan fingerprint density at radius 2 is 1.41 bits per heavy atom. The minimum Gasteiger partial charge on any atom is -0.481 e. The van der Waals surface area contributed by atoms with Crippen LogP contribution >= 0.6 is 0 Å². The van der Waals surface area contributed by atoms with Crippen molar-refractivity contribution >= 4 is 17.3 Å². The van der Waals surface area contributed by atoms with Gasteiger partial charge in [-0.25, -0.2) is 0 Å². The third-order valence-corrected chi connectivity index (χ3v) is 4.91. The highest BCUT2D eigenvalue weighted by Gasteiger charge is 2.11. The molecular formula is C26H24N4O4. The van der Waals surface area contributed by atoms with Crippen molar-refractivity contribution in [3.05, 3.63) is 96.1 Å². The molecule has 0 spiro atoms. The summed E-state index contributed by atoms with van der Waals surface area (Å²) in [7, 11) is 3.03. The van der Waals surface area contributed by atoms with Crippen LogP contribution in [0.1, 0.15) is 15.9 Å². The molecule has 8 nitrogen and oxygen atoms in total. The van der Waals surface area contributed by atoms with Crippen LogP contribution in [0.15, 0.2) is 84.9 Å². The Labute approximate surface area is 197 Å². The lowest BCUT2D eigenvalue weighted by Crippen LogP contribution is -2.11. The van der Waals surface area contributed by atoms with Crippen LogP contribution in [-0.4, -0.2) is 30.1 Å². The zero-order valence-corrected chi connectivity index (χ0v) is 18.8. The molecule has 0 fully saturated rings. The van der Waals surface area contributed by atoms with E-state index < -0.39 is 0 Å². The number of methoxy groups -OCH3 is 2. The zero-order chi connectivity index (χ0) is 23.8. The minimum absolute atomic E-state index is 0.127. The van der Waals surface area contributed by atoms with Crippen LogP contribution in [0.3, 0.4) is 0 Å². The lowest BCUT2D eigenvalue weighted by Gasteiger charge is -2.13. The number of nitrogens with zero attached hydrogens (tertiary/aromatic N) is 2. The van der Waals surface area contributed by atoms with E-state index in [4.69, 9.17) is 14.2 Å². The Morgan fingerprint density at radius 1 is 0.794 bits per heavy atom. The first kappa shape index (κ1) is 22.6. The first-order chi connectivity index (χ1) is 16.6. The van der Waals surface area contributed by atoms with Crippen molar-refractivity contribution in [2.75, 3.05) is 24.9 Å². The predicted molar refractivity (Wildman–Crippen MR) is 130 cm³/mol. The van der Waals surface area contributed by atoms with Crippen LogP contribution in [0.4, 0.5) is 11.4 Å². The molecule has 8 heteroatoms. The summed E-state index contributed by atoms with van der Waals surface area (Å²) >= 11 is 0. The van der Waals surface area contributed by atoms with E-state index in [9.17, 15) is 4.79 Å². The molecule has 0 atom stereocenters. The molecule has 0 aliphatic heterocycles. The Bertz CT molecular complexity index is 1230. The van der Waals surface area contributed by atoms with Gasteiger partial charge in [0.05, 0.1) is 20.3 Å². The van der Waals surface area contributed by atoms with E-state index in [1.165, 1.54) is 14.2 Å². The molecular weight excluding hydrogens is 432 g/mol. The fourth-order valence-electron chi connectivity index (χ4n) is 3.15. The van der Waals surface area contributed by atoms with Gasteiger partial charge in [-0.05, 0) is 42.5 Å². The predicted octanol–water partition coefficient (Wildman–Crippen LogP) is 5.15. The molecule has 34 heavy (non-hydrogen) atoms. The summed E-state index contributed by atoms with van der Waals surface area (Å²) in [4.78, 5) is 20.7. The second-order valence-corrected chi connectivity index (χ2v) is 7.20. The number of hydrogen-bond donors (Lipinski definition) is 2. The molecule has 0 aliphatic rings. The number of aromatic nitrogens is 2. The van der Waals surface area contributed by atoms with Crippen molar-refractivity contribution < 1.29 is 19.0 Å². The lowest BCUT2D eigenvalue weighted by atomic mass is 10.2. The molecule has 3 aromatic carbocycles. The molecule has 0 aliphatic carbocycles. The number of benzene rings is 3. The number of hydrogen-bond acceptors (Lipinski definition) is 7. The van der Waals surface area contributed by atoms with Crippen LogP contribution in [0.25, 0.3) is 0 Å². The number of ether oxygens (including phenoxy) is 3. The maximum Gasteiger partial charge on any atom is 0.328 e. The van der Waals surface area contributed by atoms with Gasteiger partial charge in [-0.3, -0.25) is 4.79 Å². The summed E-state index contributed by atoms with van der Waals surface area (Å²) < 4.78 is 16.3. The third kappa shape index (κ3) is 5.80. The molecule has 1 aromatic heterocycles. The largest absolute Gasteiger partial charge is 0.481 e. The Balaban J connectivity index is 1.40. The Morgan fingerprint density at radius 3 is 2.09 bits per heavy atom. The third-order valence-electron chi connectivity index (χ3n) is 4.91. The number of para-hydroxylation sites is 1. The Hall–Kier alpha value is -4.59. The topological polar surface area (TPSA) is 94.6 Å². The quantitative estimate of drug-likeness (QED) is 0.360. The second-order valence-electron chi connectivity index (χ2n) is 7.20. The first-order valence-electron chi connectivity index (χ1n) is 10.6. The Kier molecular flexibility index (Phi) is 7.19. The average Bonchev–Trinajstić information content (AvgIpc) is 2.89. The number of carbonyl (C=O) groups is 1. The SMILES string of the molecule is COc1cc(OC)nc(Oc2ccccc2CNc2ccc(NC(=O)c3ccccc3)cc2)n1. The van der Waals surface area contributed by atoms with Gasteiger partial charge in [-0.2, -0.15) is 9.97 Å². The summed E-state index contributed by atoms with van der Waals surface area (Å²) in [6, 6.07) is 25.9. The number of nitrogens with one attached hydrogen (secondary N) is 2. The van der Waals surface area contributed by atoms with E-state index in [0.29, 0.717) is 35.3 Å². The summed E-state index contributed by atoms with van der Waals surface area (Å²) in [6.07, 6.45) is 0. The van der Waals surface area contributed by atoms with E-state index in [1.807, 2.05) is 66.7 Å². The van der Waals surface area contributed by atoms with E-state index in [2.05, 4.69) is 20.6 Å². The van der Waals surface area contributed by atoms with Gasteiger partial charge >= 0.3 is 6.01 Å². The monoisotopic (exact) mass is 456 g/mol. The van der Waals surface area contributed by atoms with Gasteiger partial charge in [0.25, 0.3) is 5.91 Å². The van der Waals surface area contributed by atoms with Gasteiger partial charge in [-0.15, -0.1) is 0 Å². The smallest absolute Gasteiger partial charge is 0.328 e. The molecule has 0 unspecified atom stereocenters. The van der Waals surface area contributed by atoms with Crippen molar-refractivity contribution in [3.8, 4) is 23.5 Å². The number of anilines is 2. The van der Waals surface area contributed by atoms with Crippen molar-refractivity contribution in [1.29, 1.82) is 0 Å². The molecule has 172 valence electrons. The van der Waals surface area contributed by atoms with Gasteiger partial charge in [0.2, 0.25) is 11.8 Å². The highest BCUT2D eigenvalue weighted by atomic mass is 16.5. The highest BCUT2D eigenvalue weighted by Crippen LogP contribution is 2.27. The van der Waals surface area contributed by atoms with Crippen LogP contribution in [0.5, 0.6) is 23.5 Å². The summed E-state index contributed by atoms with van der Waals surface area (Å²) in [5, 5.41) is 6.25.